The molecule has 112 valence electrons. The molecule has 0 amide bonds. The molecule has 0 aromatic heterocycles. The highest BCUT2D eigenvalue weighted by Gasteiger charge is 2.19. The summed E-state index contributed by atoms with van der Waals surface area (Å²) < 4.78 is 0. The van der Waals surface area contributed by atoms with Gasteiger partial charge in [0.2, 0.25) is 0 Å². The summed E-state index contributed by atoms with van der Waals surface area (Å²) in [5, 5.41) is 30.6. The predicted molar refractivity (Wildman–Crippen MR) is 85.0 cm³/mol. The number of phenolic OH excluding ortho intramolecular Hbond substituents is 3. The van der Waals surface area contributed by atoms with E-state index < -0.39 is 0 Å². The molecule has 0 saturated carbocycles. The van der Waals surface area contributed by atoms with Crippen molar-refractivity contribution in [2.45, 2.75) is 40.0 Å². The molecular formula is C18H22O3. The third kappa shape index (κ3) is 2.68. The summed E-state index contributed by atoms with van der Waals surface area (Å²) in [4.78, 5) is 0. The van der Waals surface area contributed by atoms with Crippen molar-refractivity contribution < 1.29 is 15.3 Å². The van der Waals surface area contributed by atoms with E-state index in [1.54, 1.807) is 0 Å². The largest absolute Gasteiger partial charge is 0.507 e. The first-order valence-corrected chi connectivity index (χ1v) is 7.42. The molecular weight excluding hydrogens is 264 g/mol. The first-order chi connectivity index (χ1) is 10.0. The highest BCUT2D eigenvalue weighted by atomic mass is 16.3. The minimum Gasteiger partial charge on any atom is -0.507 e. The van der Waals surface area contributed by atoms with Crippen molar-refractivity contribution in [1.29, 1.82) is 0 Å². The van der Waals surface area contributed by atoms with Gasteiger partial charge in [-0.05, 0) is 42.0 Å². The van der Waals surface area contributed by atoms with Gasteiger partial charge < -0.3 is 15.3 Å². The average molecular weight is 286 g/mol. The van der Waals surface area contributed by atoms with Crippen LogP contribution >= 0.6 is 0 Å². The zero-order valence-electron chi connectivity index (χ0n) is 12.8. The Bertz CT molecular complexity index is 660. The van der Waals surface area contributed by atoms with Crippen molar-refractivity contribution >= 4 is 0 Å². The minimum atomic E-state index is -0.245. The van der Waals surface area contributed by atoms with Crippen LogP contribution in [-0.2, 0) is 19.3 Å². The average Bonchev–Trinajstić information content (AvgIpc) is 2.51. The van der Waals surface area contributed by atoms with E-state index in [1.807, 2.05) is 26.0 Å². The summed E-state index contributed by atoms with van der Waals surface area (Å²) in [7, 11) is 0. The van der Waals surface area contributed by atoms with Crippen LogP contribution in [0.5, 0.6) is 17.2 Å². The SMILES string of the molecule is CCc1ccc(-c2c(O)cc(CC)c(O)c2O)c(CC)c1. The van der Waals surface area contributed by atoms with E-state index in [1.165, 1.54) is 11.6 Å². The summed E-state index contributed by atoms with van der Waals surface area (Å²) in [6.45, 7) is 5.99. The Labute approximate surface area is 125 Å². The molecule has 0 saturated heterocycles. The molecule has 0 heterocycles. The molecule has 0 bridgehead atoms. The summed E-state index contributed by atoms with van der Waals surface area (Å²) in [5.74, 6) is -0.390. The lowest BCUT2D eigenvalue weighted by Crippen LogP contribution is -1.93. The minimum absolute atomic E-state index is 0.00102. The quantitative estimate of drug-likeness (QED) is 0.584. The predicted octanol–water partition coefficient (Wildman–Crippen LogP) is 4.16. The lowest BCUT2D eigenvalue weighted by Gasteiger charge is -2.15. The number of aromatic hydroxyl groups is 3. The van der Waals surface area contributed by atoms with Gasteiger partial charge in [-0.15, -0.1) is 0 Å². The van der Waals surface area contributed by atoms with Gasteiger partial charge in [0.05, 0.1) is 5.56 Å². The van der Waals surface area contributed by atoms with E-state index in [4.69, 9.17) is 0 Å². The maximum atomic E-state index is 10.3. The van der Waals surface area contributed by atoms with Crippen LogP contribution in [0.2, 0.25) is 0 Å². The fourth-order valence-electron chi connectivity index (χ4n) is 2.64. The molecule has 0 aliphatic rings. The van der Waals surface area contributed by atoms with Crippen LogP contribution in [-0.4, -0.2) is 15.3 Å². The number of rotatable bonds is 4. The monoisotopic (exact) mass is 286 g/mol. The van der Waals surface area contributed by atoms with Crippen molar-refractivity contribution in [3.05, 3.63) is 41.0 Å². The lowest BCUT2D eigenvalue weighted by molar-refractivity contribution is 0.394. The summed E-state index contributed by atoms with van der Waals surface area (Å²) in [6, 6.07) is 7.49. The highest BCUT2D eigenvalue weighted by molar-refractivity contribution is 5.82. The Morgan fingerprint density at radius 2 is 1.43 bits per heavy atom. The van der Waals surface area contributed by atoms with Gasteiger partial charge in [0.25, 0.3) is 0 Å². The molecule has 0 fully saturated rings. The van der Waals surface area contributed by atoms with E-state index in [9.17, 15) is 15.3 Å². The van der Waals surface area contributed by atoms with Gasteiger partial charge in [-0.2, -0.15) is 0 Å². The molecule has 2 aromatic carbocycles. The number of aryl methyl sites for hydroxylation is 3. The Hall–Kier alpha value is -2.16. The highest BCUT2D eigenvalue weighted by Crippen LogP contribution is 2.46. The summed E-state index contributed by atoms with van der Waals surface area (Å²) >= 11 is 0. The fourth-order valence-corrected chi connectivity index (χ4v) is 2.64. The number of hydrogen-bond donors (Lipinski definition) is 3. The van der Waals surface area contributed by atoms with Crippen molar-refractivity contribution in [3.8, 4) is 28.4 Å². The molecule has 3 N–H and O–H groups in total. The molecule has 2 rings (SSSR count). The van der Waals surface area contributed by atoms with Crippen molar-refractivity contribution in [2.24, 2.45) is 0 Å². The molecule has 3 nitrogen and oxygen atoms in total. The molecule has 3 heteroatoms. The molecule has 0 radical (unpaired) electrons. The smallest absolute Gasteiger partial charge is 0.169 e. The molecule has 2 aromatic rings. The second-order valence-corrected chi connectivity index (χ2v) is 5.18. The molecule has 0 unspecified atom stereocenters. The summed E-state index contributed by atoms with van der Waals surface area (Å²) in [6.07, 6.45) is 2.27. The zero-order chi connectivity index (χ0) is 15.6. The van der Waals surface area contributed by atoms with Crippen LogP contribution in [0.25, 0.3) is 11.1 Å². The Balaban J connectivity index is 2.70. The molecule has 0 spiro atoms. The molecule has 0 aliphatic heterocycles. The first kappa shape index (κ1) is 15.2. The lowest BCUT2D eigenvalue weighted by atomic mass is 9.92. The third-order valence-electron chi connectivity index (χ3n) is 3.94. The maximum absolute atomic E-state index is 10.3. The van der Waals surface area contributed by atoms with Gasteiger partial charge in [0.15, 0.2) is 11.5 Å². The van der Waals surface area contributed by atoms with Gasteiger partial charge in [-0.1, -0.05) is 39.0 Å². The van der Waals surface area contributed by atoms with E-state index >= 15 is 0 Å². The van der Waals surface area contributed by atoms with Gasteiger partial charge in [0.1, 0.15) is 5.75 Å². The maximum Gasteiger partial charge on any atom is 0.169 e. The standard InChI is InChI=1S/C18H22O3/c1-4-11-7-8-14(12(5-2)9-11)16-15(19)10-13(6-3)17(20)18(16)21/h7-10,19-21H,4-6H2,1-3H3. The molecule has 0 atom stereocenters. The van der Waals surface area contributed by atoms with Gasteiger partial charge >= 0.3 is 0 Å². The van der Waals surface area contributed by atoms with Crippen LogP contribution in [0.4, 0.5) is 0 Å². The van der Waals surface area contributed by atoms with Crippen molar-refractivity contribution in [2.75, 3.05) is 0 Å². The van der Waals surface area contributed by atoms with Crippen LogP contribution in [0.1, 0.15) is 37.5 Å². The normalized spacial score (nSPS) is 10.8. The van der Waals surface area contributed by atoms with Crippen LogP contribution < -0.4 is 0 Å². The Kier molecular flexibility index (Phi) is 4.41. The van der Waals surface area contributed by atoms with Crippen LogP contribution in [0, 0.1) is 0 Å². The second-order valence-electron chi connectivity index (χ2n) is 5.18. The zero-order valence-corrected chi connectivity index (χ0v) is 12.8. The van der Waals surface area contributed by atoms with Gasteiger partial charge in [-0.3, -0.25) is 0 Å². The second kappa shape index (κ2) is 6.08. The number of phenols is 3. The van der Waals surface area contributed by atoms with Crippen LogP contribution in [0.3, 0.4) is 0 Å². The van der Waals surface area contributed by atoms with Gasteiger partial charge in [-0.25, -0.2) is 0 Å². The van der Waals surface area contributed by atoms with Crippen molar-refractivity contribution in [3.63, 3.8) is 0 Å². The molecule has 0 aliphatic carbocycles. The first-order valence-electron chi connectivity index (χ1n) is 7.42. The summed E-state index contributed by atoms with van der Waals surface area (Å²) in [5.41, 5.74) is 3.87. The van der Waals surface area contributed by atoms with E-state index in [0.29, 0.717) is 17.5 Å². The van der Waals surface area contributed by atoms with Crippen molar-refractivity contribution in [1.82, 2.24) is 0 Å². The Morgan fingerprint density at radius 3 is 2.00 bits per heavy atom. The number of benzene rings is 2. The van der Waals surface area contributed by atoms with E-state index in [2.05, 4.69) is 13.0 Å². The van der Waals surface area contributed by atoms with Crippen LogP contribution in [0.15, 0.2) is 24.3 Å². The Morgan fingerprint density at radius 1 is 0.762 bits per heavy atom. The number of hydrogen-bond acceptors (Lipinski definition) is 3. The van der Waals surface area contributed by atoms with E-state index in [0.717, 1.165) is 24.0 Å². The van der Waals surface area contributed by atoms with E-state index in [-0.39, 0.29) is 17.2 Å². The molecule has 21 heavy (non-hydrogen) atoms. The topological polar surface area (TPSA) is 60.7 Å². The third-order valence-corrected chi connectivity index (χ3v) is 3.94. The fraction of sp³-hybridized carbons (Fsp3) is 0.333. The van der Waals surface area contributed by atoms with Gasteiger partial charge in [0, 0.05) is 5.56 Å².